The van der Waals surface area contributed by atoms with Crippen molar-refractivity contribution in [3.8, 4) is 0 Å². The summed E-state index contributed by atoms with van der Waals surface area (Å²) < 4.78 is 32.0. The number of rotatable bonds is 5. The highest BCUT2D eigenvalue weighted by Gasteiger charge is 2.28. The number of aromatic nitrogens is 1. The number of nitrogens with zero attached hydrogens (tertiary/aromatic N) is 2. The Labute approximate surface area is 163 Å². The third kappa shape index (κ3) is 4.15. The van der Waals surface area contributed by atoms with Gasteiger partial charge in [-0.25, -0.2) is 8.42 Å². The first kappa shape index (κ1) is 20.2. The molecule has 150 valence electrons. The molecule has 0 spiro atoms. The molecular formula is C19H23N3O5S. The number of piperidine rings is 1. The molecule has 1 aliphatic heterocycles. The Morgan fingerprint density at radius 2 is 1.96 bits per heavy atom. The van der Waals surface area contributed by atoms with Crippen molar-refractivity contribution in [2.75, 3.05) is 26.7 Å². The Morgan fingerprint density at radius 3 is 2.64 bits per heavy atom. The van der Waals surface area contributed by atoms with Crippen LogP contribution in [0.25, 0.3) is 10.9 Å². The SMILES string of the molecule is COC(=O)CNC(=O)c1ccnc2ccc(S(=O)(=O)N3CCC(C)CC3)cc12. The van der Waals surface area contributed by atoms with E-state index >= 15 is 0 Å². The largest absolute Gasteiger partial charge is 0.468 e. The van der Waals surface area contributed by atoms with Crippen LogP contribution in [0.1, 0.15) is 30.1 Å². The molecular weight excluding hydrogens is 382 g/mol. The monoisotopic (exact) mass is 405 g/mol. The summed E-state index contributed by atoms with van der Waals surface area (Å²) in [5.74, 6) is -0.564. The van der Waals surface area contributed by atoms with Crippen LogP contribution in [0, 0.1) is 5.92 Å². The predicted molar refractivity (Wildman–Crippen MR) is 103 cm³/mol. The number of hydrogen-bond acceptors (Lipinski definition) is 6. The van der Waals surface area contributed by atoms with Crippen LogP contribution < -0.4 is 5.32 Å². The van der Waals surface area contributed by atoms with E-state index < -0.39 is 21.9 Å². The number of esters is 1. The van der Waals surface area contributed by atoms with Crippen molar-refractivity contribution >= 4 is 32.8 Å². The molecule has 0 bridgehead atoms. The van der Waals surface area contributed by atoms with Crippen molar-refractivity contribution in [3.05, 3.63) is 36.0 Å². The zero-order valence-corrected chi connectivity index (χ0v) is 16.7. The third-order valence-electron chi connectivity index (χ3n) is 4.96. The van der Waals surface area contributed by atoms with Crippen LogP contribution in [0.5, 0.6) is 0 Å². The summed E-state index contributed by atoms with van der Waals surface area (Å²) in [5, 5.41) is 2.88. The van der Waals surface area contributed by atoms with E-state index in [1.54, 1.807) is 6.07 Å². The zero-order chi connectivity index (χ0) is 20.3. The minimum absolute atomic E-state index is 0.129. The van der Waals surface area contributed by atoms with Crippen molar-refractivity contribution in [3.63, 3.8) is 0 Å². The molecule has 1 saturated heterocycles. The minimum atomic E-state index is -3.65. The van der Waals surface area contributed by atoms with Gasteiger partial charge in [0.1, 0.15) is 6.54 Å². The van der Waals surface area contributed by atoms with Crippen molar-refractivity contribution in [2.45, 2.75) is 24.7 Å². The van der Waals surface area contributed by atoms with Gasteiger partial charge in [0.05, 0.1) is 23.1 Å². The van der Waals surface area contributed by atoms with E-state index in [1.165, 1.54) is 35.8 Å². The van der Waals surface area contributed by atoms with Crippen LogP contribution in [0.3, 0.4) is 0 Å². The van der Waals surface area contributed by atoms with Crippen molar-refractivity contribution in [1.29, 1.82) is 0 Å². The molecule has 0 saturated carbocycles. The maximum atomic E-state index is 13.0. The first-order valence-corrected chi connectivity index (χ1v) is 10.5. The second-order valence-corrected chi connectivity index (χ2v) is 8.82. The number of nitrogens with one attached hydrogen (secondary N) is 1. The topological polar surface area (TPSA) is 106 Å². The summed E-state index contributed by atoms with van der Waals surface area (Å²) in [6.45, 7) is 2.82. The van der Waals surface area contributed by atoms with Crippen LogP contribution in [0.4, 0.5) is 0 Å². The highest BCUT2D eigenvalue weighted by molar-refractivity contribution is 7.89. The Morgan fingerprint density at radius 1 is 1.25 bits per heavy atom. The highest BCUT2D eigenvalue weighted by Crippen LogP contribution is 2.26. The summed E-state index contributed by atoms with van der Waals surface area (Å²) in [5.41, 5.74) is 0.746. The molecule has 0 atom stereocenters. The van der Waals surface area contributed by atoms with Gasteiger partial charge in [-0.1, -0.05) is 6.92 Å². The summed E-state index contributed by atoms with van der Waals surface area (Å²) in [7, 11) is -2.42. The summed E-state index contributed by atoms with van der Waals surface area (Å²) in [4.78, 5) is 28.1. The van der Waals surface area contributed by atoms with Crippen LogP contribution in [-0.2, 0) is 19.6 Å². The van der Waals surface area contributed by atoms with Crippen LogP contribution in [-0.4, -0.2) is 56.3 Å². The molecule has 0 aliphatic carbocycles. The number of sulfonamides is 1. The number of methoxy groups -OCH3 is 1. The highest BCUT2D eigenvalue weighted by atomic mass is 32.2. The average Bonchev–Trinajstić information content (AvgIpc) is 2.71. The van der Waals surface area contributed by atoms with Gasteiger partial charge in [-0.3, -0.25) is 14.6 Å². The van der Waals surface area contributed by atoms with Crippen LogP contribution >= 0.6 is 0 Å². The first-order chi connectivity index (χ1) is 13.3. The number of fused-ring (bicyclic) bond motifs is 1. The van der Waals surface area contributed by atoms with E-state index in [0.717, 1.165) is 12.8 Å². The van der Waals surface area contributed by atoms with Gasteiger partial charge in [-0.05, 0) is 43.0 Å². The lowest BCUT2D eigenvalue weighted by molar-refractivity contribution is -0.139. The van der Waals surface area contributed by atoms with Gasteiger partial charge in [0.25, 0.3) is 5.91 Å². The molecule has 9 heteroatoms. The van der Waals surface area contributed by atoms with E-state index in [1.807, 2.05) is 0 Å². The Hall–Kier alpha value is -2.52. The van der Waals surface area contributed by atoms with E-state index in [9.17, 15) is 18.0 Å². The number of hydrogen-bond donors (Lipinski definition) is 1. The fourth-order valence-electron chi connectivity index (χ4n) is 3.18. The van der Waals surface area contributed by atoms with E-state index in [2.05, 4.69) is 22.0 Å². The molecule has 28 heavy (non-hydrogen) atoms. The molecule has 3 rings (SSSR count). The second-order valence-electron chi connectivity index (χ2n) is 6.88. The molecule has 2 heterocycles. The number of amides is 1. The van der Waals surface area contributed by atoms with Crippen molar-refractivity contribution in [2.24, 2.45) is 5.92 Å². The maximum absolute atomic E-state index is 13.0. The van der Waals surface area contributed by atoms with Crippen LogP contribution in [0.15, 0.2) is 35.4 Å². The fraction of sp³-hybridized carbons (Fsp3) is 0.421. The van der Waals surface area contributed by atoms with Gasteiger partial charge in [-0.15, -0.1) is 0 Å². The van der Waals surface area contributed by atoms with Crippen LogP contribution in [0.2, 0.25) is 0 Å². The van der Waals surface area contributed by atoms with Gasteiger partial charge in [-0.2, -0.15) is 4.31 Å². The minimum Gasteiger partial charge on any atom is -0.468 e. The molecule has 1 amide bonds. The molecule has 8 nitrogen and oxygen atoms in total. The molecule has 0 radical (unpaired) electrons. The molecule has 1 N–H and O–H groups in total. The molecule has 1 aliphatic rings. The van der Waals surface area contributed by atoms with Gasteiger partial charge >= 0.3 is 5.97 Å². The van der Waals surface area contributed by atoms with Gasteiger partial charge < -0.3 is 10.1 Å². The van der Waals surface area contributed by atoms with Gasteiger partial charge in [0.2, 0.25) is 10.0 Å². The first-order valence-electron chi connectivity index (χ1n) is 9.07. The molecule has 1 aromatic heterocycles. The third-order valence-corrected chi connectivity index (χ3v) is 6.85. The molecule has 1 fully saturated rings. The zero-order valence-electron chi connectivity index (χ0n) is 15.8. The van der Waals surface area contributed by atoms with Gasteiger partial charge in [0.15, 0.2) is 0 Å². The maximum Gasteiger partial charge on any atom is 0.325 e. The summed E-state index contributed by atoms with van der Waals surface area (Å²) in [6, 6.07) is 6.07. The summed E-state index contributed by atoms with van der Waals surface area (Å²) in [6.07, 6.45) is 3.13. The standard InChI is InChI=1S/C19H23N3O5S/c1-13-6-9-22(10-7-13)28(25,26)14-3-4-17-16(11-14)15(5-8-20-17)19(24)21-12-18(23)27-2/h3-5,8,11,13H,6-7,9-10,12H2,1-2H3,(H,21,24). The van der Waals surface area contributed by atoms with Crippen molar-refractivity contribution < 1.29 is 22.7 Å². The average molecular weight is 405 g/mol. The lowest BCUT2D eigenvalue weighted by Crippen LogP contribution is -2.37. The number of pyridine rings is 1. The Kier molecular flexibility index (Phi) is 5.95. The molecule has 2 aromatic rings. The normalized spacial score (nSPS) is 16.1. The Bertz CT molecular complexity index is 998. The predicted octanol–water partition coefficient (Wildman–Crippen LogP) is 1.56. The lowest BCUT2D eigenvalue weighted by Gasteiger charge is -2.29. The Balaban J connectivity index is 1.94. The van der Waals surface area contributed by atoms with Crippen molar-refractivity contribution in [1.82, 2.24) is 14.6 Å². The van der Waals surface area contributed by atoms with E-state index in [0.29, 0.717) is 29.9 Å². The molecule has 1 aromatic carbocycles. The van der Waals surface area contributed by atoms with E-state index in [-0.39, 0.29) is 17.0 Å². The number of benzene rings is 1. The fourth-order valence-corrected chi connectivity index (χ4v) is 4.67. The summed E-state index contributed by atoms with van der Waals surface area (Å²) >= 11 is 0. The quantitative estimate of drug-likeness (QED) is 0.757. The number of carbonyl (C=O) groups excluding carboxylic acids is 2. The van der Waals surface area contributed by atoms with E-state index in [4.69, 9.17) is 0 Å². The second kappa shape index (κ2) is 8.24. The molecule has 0 unspecified atom stereocenters. The smallest absolute Gasteiger partial charge is 0.325 e. The van der Waals surface area contributed by atoms with Gasteiger partial charge in [0, 0.05) is 24.7 Å². The number of carbonyl (C=O) groups is 2. The lowest BCUT2D eigenvalue weighted by atomic mass is 10.0. The number of ether oxygens (including phenoxy) is 1.